The van der Waals surface area contributed by atoms with Crippen LogP contribution < -0.4 is 0 Å². The van der Waals surface area contributed by atoms with Gasteiger partial charge < -0.3 is 14.6 Å². The Labute approximate surface area is 139 Å². The molecule has 0 saturated heterocycles. The molecule has 0 aliphatic carbocycles. The van der Waals surface area contributed by atoms with Crippen LogP contribution in [0.15, 0.2) is 42.2 Å². The lowest BCUT2D eigenvalue weighted by molar-refractivity contribution is -0.137. The van der Waals surface area contributed by atoms with E-state index in [0.717, 1.165) is 0 Å². The summed E-state index contributed by atoms with van der Waals surface area (Å²) < 4.78 is 10.1. The van der Waals surface area contributed by atoms with Crippen LogP contribution in [-0.4, -0.2) is 24.3 Å². The molecule has 0 aromatic heterocycles. The first-order chi connectivity index (χ1) is 10.5. The molecule has 0 spiro atoms. The van der Waals surface area contributed by atoms with Crippen molar-refractivity contribution in [3.05, 3.63) is 57.8 Å². The van der Waals surface area contributed by atoms with Crippen molar-refractivity contribution in [1.82, 2.24) is 0 Å². The van der Waals surface area contributed by atoms with E-state index in [1.807, 2.05) is 0 Å². The van der Waals surface area contributed by atoms with Crippen LogP contribution in [0.5, 0.6) is 0 Å². The summed E-state index contributed by atoms with van der Waals surface area (Å²) in [7, 11) is 0. The molecule has 1 N–H and O–H groups in total. The summed E-state index contributed by atoms with van der Waals surface area (Å²) in [5.74, 6) is -0.209. The molecule has 0 radical (unpaired) electrons. The van der Waals surface area contributed by atoms with Gasteiger partial charge in [0.2, 0.25) is 0 Å². The first kappa shape index (κ1) is 18.6. The van der Waals surface area contributed by atoms with Crippen LogP contribution in [0.2, 0.25) is 10.0 Å². The molecule has 0 saturated carbocycles. The van der Waals surface area contributed by atoms with Crippen molar-refractivity contribution in [3.63, 3.8) is 0 Å². The zero-order valence-electron chi connectivity index (χ0n) is 12.4. The van der Waals surface area contributed by atoms with Crippen LogP contribution in [-0.2, 0) is 14.3 Å². The largest absolute Gasteiger partial charge is 0.494 e. The lowest BCUT2D eigenvalue weighted by Gasteiger charge is -2.09. The van der Waals surface area contributed by atoms with E-state index in [1.54, 1.807) is 32.0 Å². The number of carbonyl (C=O) groups excluding carboxylic acids is 1. The number of benzene rings is 1. The first-order valence-corrected chi connectivity index (χ1v) is 7.56. The quantitative estimate of drug-likeness (QED) is 0.350. The van der Waals surface area contributed by atoms with Gasteiger partial charge in [-0.1, -0.05) is 29.3 Å². The second-order valence-electron chi connectivity index (χ2n) is 4.20. The third-order valence-corrected chi connectivity index (χ3v) is 3.14. The number of esters is 1. The van der Waals surface area contributed by atoms with Crippen molar-refractivity contribution in [2.24, 2.45) is 0 Å². The van der Waals surface area contributed by atoms with Gasteiger partial charge in [-0.25, -0.2) is 4.79 Å². The maximum atomic E-state index is 11.4. The minimum atomic E-state index is -0.948. The smallest absolute Gasteiger partial charge is 0.334 e. The van der Waals surface area contributed by atoms with Crippen molar-refractivity contribution in [3.8, 4) is 0 Å². The van der Waals surface area contributed by atoms with E-state index >= 15 is 0 Å². The number of aliphatic hydroxyl groups is 1. The number of allylic oxidation sites excluding steroid dienone is 1. The lowest BCUT2D eigenvalue weighted by Crippen LogP contribution is -2.02. The molecule has 1 rings (SSSR count). The Morgan fingerprint density at radius 2 is 1.95 bits per heavy atom. The van der Waals surface area contributed by atoms with Crippen LogP contribution in [0.3, 0.4) is 0 Å². The summed E-state index contributed by atoms with van der Waals surface area (Å²) >= 11 is 11.8. The van der Waals surface area contributed by atoms with E-state index in [4.69, 9.17) is 32.7 Å². The predicted octanol–water partition coefficient (Wildman–Crippen LogP) is 4.07. The average Bonchev–Trinajstić information content (AvgIpc) is 2.45. The van der Waals surface area contributed by atoms with E-state index in [1.165, 1.54) is 18.2 Å². The van der Waals surface area contributed by atoms with Crippen LogP contribution in [0.25, 0.3) is 0 Å². The number of hydrogen-bond acceptors (Lipinski definition) is 4. The number of hydrogen-bond donors (Lipinski definition) is 1. The Hall–Kier alpha value is -1.49. The molecule has 0 fully saturated rings. The SMILES string of the molecule is CCOC(=O)/C=C(/C=C/C(O)c1ccc(Cl)cc1Cl)OCC. The molecule has 0 heterocycles. The second-order valence-corrected chi connectivity index (χ2v) is 5.05. The molecule has 6 heteroatoms. The van der Waals surface area contributed by atoms with Crippen molar-refractivity contribution in [2.75, 3.05) is 13.2 Å². The van der Waals surface area contributed by atoms with Gasteiger partial charge in [0.15, 0.2) is 0 Å². The minimum absolute atomic E-state index is 0.279. The van der Waals surface area contributed by atoms with Crippen molar-refractivity contribution in [2.45, 2.75) is 20.0 Å². The van der Waals surface area contributed by atoms with E-state index in [2.05, 4.69) is 0 Å². The topological polar surface area (TPSA) is 55.8 Å². The highest BCUT2D eigenvalue weighted by molar-refractivity contribution is 6.35. The van der Waals surface area contributed by atoms with Gasteiger partial charge in [0.25, 0.3) is 0 Å². The van der Waals surface area contributed by atoms with Gasteiger partial charge in [-0.3, -0.25) is 0 Å². The van der Waals surface area contributed by atoms with Crippen molar-refractivity contribution < 1.29 is 19.4 Å². The Bertz CT molecular complexity index is 567. The maximum Gasteiger partial charge on any atom is 0.334 e. The standard InChI is InChI=1S/C16H18Cl2O4/c1-3-21-12(10-16(20)22-4-2)6-8-15(19)13-7-5-11(17)9-14(13)18/h5-10,15,19H,3-4H2,1-2H3/b8-6+,12-10-. The van der Waals surface area contributed by atoms with Gasteiger partial charge in [0.05, 0.1) is 25.4 Å². The zero-order valence-corrected chi connectivity index (χ0v) is 13.9. The highest BCUT2D eigenvalue weighted by atomic mass is 35.5. The summed E-state index contributed by atoms with van der Waals surface area (Å²) in [5.41, 5.74) is 0.509. The molecule has 0 bridgehead atoms. The lowest BCUT2D eigenvalue weighted by atomic mass is 10.1. The molecule has 0 aliphatic heterocycles. The van der Waals surface area contributed by atoms with Gasteiger partial charge in [-0.05, 0) is 38.1 Å². The van der Waals surface area contributed by atoms with Crippen molar-refractivity contribution in [1.29, 1.82) is 0 Å². The number of carbonyl (C=O) groups is 1. The fraction of sp³-hybridized carbons (Fsp3) is 0.312. The van der Waals surface area contributed by atoms with E-state index < -0.39 is 12.1 Å². The Morgan fingerprint density at radius 3 is 2.55 bits per heavy atom. The molecular formula is C16H18Cl2O4. The molecule has 0 amide bonds. The third-order valence-electron chi connectivity index (χ3n) is 2.58. The molecule has 1 aromatic carbocycles. The van der Waals surface area contributed by atoms with E-state index in [-0.39, 0.29) is 6.61 Å². The predicted molar refractivity (Wildman–Crippen MR) is 86.9 cm³/mol. The summed E-state index contributed by atoms with van der Waals surface area (Å²) in [4.78, 5) is 11.4. The molecule has 1 aromatic rings. The minimum Gasteiger partial charge on any atom is -0.494 e. The highest BCUT2D eigenvalue weighted by Gasteiger charge is 2.09. The number of halogens is 2. The Balaban J connectivity index is 2.87. The fourth-order valence-corrected chi connectivity index (χ4v) is 2.16. The first-order valence-electron chi connectivity index (χ1n) is 6.80. The van der Waals surface area contributed by atoms with Crippen LogP contribution >= 0.6 is 23.2 Å². The van der Waals surface area contributed by atoms with E-state index in [9.17, 15) is 9.90 Å². The maximum absolute atomic E-state index is 11.4. The molecule has 1 atom stereocenters. The number of aliphatic hydroxyl groups excluding tert-OH is 1. The summed E-state index contributed by atoms with van der Waals surface area (Å²) in [6.07, 6.45) is 3.24. The van der Waals surface area contributed by atoms with Crippen LogP contribution in [0, 0.1) is 0 Å². The molecule has 22 heavy (non-hydrogen) atoms. The summed E-state index contributed by atoms with van der Waals surface area (Å²) in [6, 6.07) is 4.82. The van der Waals surface area contributed by atoms with Gasteiger partial charge >= 0.3 is 5.97 Å². The van der Waals surface area contributed by atoms with Gasteiger partial charge in [0.1, 0.15) is 5.76 Å². The van der Waals surface area contributed by atoms with Gasteiger partial charge in [-0.2, -0.15) is 0 Å². The summed E-state index contributed by atoms with van der Waals surface area (Å²) in [6.45, 7) is 4.17. The Morgan fingerprint density at radius 1 is 1.27 bits per heavy atom. The molecule has 0 aliphatic rings. The average molecular weight is 345 g/mol. The van der Waals surface area contributed by atoms with Crippen LogP contribution in [0.4, 0.5) is 0 Å². The van der Waals surface area contributed by atoms with E-state index in [0.29, 0.717) is 28.0 Å². The highest BCUT2D eigenvalue weighted by Crippen LogP contribution is 2.27. The van der Waals surface area contributed by atoms with Crippen molar-refractivity contribution >= 4 is 29.2 Å². The summed E-state index contributed by atoms with van der Waals surface area (Å²) in [5, 5.41) is 11.0. The zero-order chi connectivity index (χ0) is 16.5. The Kier molecular flexibility index (Phi) is 8.02. The molecule has 4 nitrogen and oxygen atoms in total. The second kappa shape index (κ2) is 9.51. The number of rotatable bonds is 7. The third kappa shape index (κ3) is 6.10. The molecule has 1 unspecified atom stereocenters. The van der Waals surface area contributed by atoms with Gasteiger partial charge in [0, 0.05) is 15.6 Å². The molecule has 120 valence electrons. The van der Waals surface area contributed by atoms with Crippen LogP contribution in [0.1, 0.15) is 25.5 Å². The number of ether oxygens (including phenoxy) is 2. The fourth-order valence-electron chi connectivity index (χ4n) is 1.64. The normalized spacial score (nSPS) is 13.2. The van der Waals surface area contributed by atoms with Gasteiger partial charge in [-0.15, -0.1) is 0 Å². The monoisotopic (exact) mass is 344 g/mol. The molecular weight excluding hydrogens is 327 g/mol.